The molecular formula is C23H25NO6. The minimum atomic E-state index is -0.939. The number of likely N-dealkylation sites (tertiary alicyclic amines) is 1. The molecule has 0 unspecified atom stereocenters. The van der Waals surface area contributed by atoms with Crippen molar-refractivity contribution < 1.29 is 29.3 Å². The lowest BCUT2D eigenvalue weighted by Crippen LogP contribution is -2.35. The number of ketones is 1. The minimum Gasteiger partial charge on any atom is -0.507 e. The van der Waals surface area contributed by atoms with E-state index in [1.807, 2.05) is 19.1 Å². The van der Waals surface area contributed by atoms with Gasteiger partial charge in [-0.3, -0.25) is 9.59 Å². The highest BCUT2D eigenvalue weighted by molar-refractivity contribution is 6.46. The number of ether oxygens (including phenoxy) is 2. The molecule has 3 rings (SSSR count). The fourth-order valence-electron chi connectivity index (χ4n) is 3.60. The minimum absolute atomic E-state index is 0.0592. The van der Waals surface area contributed by atoms with E-state index in [0.29, 0.717) is 22.6 Å². The van der Waals surface area contributed by atoms with Crippen molar-refractivity contribution in [2.75, 3.05) is 20.8 Å². The summed E-state index contributed by atoms with van der Waals surface area (Å²) in [6.45, 7) is 3.35. The molecule has 0 aromatic heterocycles. The highest BCUT2D eigenvalue weighted by Gasteiger charge is 2.47. The van der Waals surface area contributed by atoms with E-state index >= 15 is 0 Å². The van der Waals surface area contributed by atoms with E-state index in [1.54, 1.807) is 30.3 Å². The molecule has 0 aliphatic carbocycles. The molecule has 0 radical (unpaired) electrons. The Labute approximate surface area is 175 Å². The fourth-order valence-corrected chi connectivity index (χ4v) is 3.60. The van der Waals surface area contributed by atoms with E-state index in [0.717, 1.165) is 5.56 Å². The van der Waals surface area contributed by atoms with Gasteiger partial charge in [0.2, 0.25) is 0 Å². The van der Waals surface area contributed by atoms with E-state index < -0.39 is 23.8 Å². The summed E-state index contributed by atoms with van der Waals surface area (Å²) in [6, 6.07) is 11.1. The first-order chi connectivity index (χ1) is 14.3. The third-order valence-electron chi connectivity index (χ3n) is 5.06. The number of nitrogens with zero attached hydrogens (tertiary/aromatic N) is 1. The monoisotopic (exact) mass is 411 g/mol. The molecule has 2 atom stereocenters. The maximum Gasteiger partial charge on any atom is 0.295 e. The second kappa shape index (κ2) is 8.59. The average molecular weight is 411 g/mol. The second-order valence-corrected chi connectivity index (χ2v) is 7.27. The van der Waals surface area contributed by atoms with Crippen LogP contribution in [-0.4, -0.2) is 53.7 Å². The highest BCUT2D eigenvalue weighted by atomic mass is 16.5. The number of aliphatic hydroxyl groups excluding tert-OH is 2. The van der Waals surface area contributed by atoms with Gasteiger partial charge >= 0.3 is 0 Å². The van der Waals surface area contributed by atoms with Crippen LogP contribution in [0.25, 0.3) is 5.76 Å². The molecule has 1 amide bonds. The van der Waals surface area contributed by atoms with Gasteiger partial charge < -0.3 is 24.6 Å². The van der Waals surface area contributed by atoms with E-state index in [9.17, 15) is 19.8 Å². The SMILES string of the molecule is COc1ccc(OC)c([C@@H]2C(=C(O)c3ccc(C)cc3)C(=O)C(=O)N2C[C@H](C)O)c1. The van der Waals surface area contributed by atoms with Crippen LogP contribution in [0, 0.1) is 6.92 Å². The smallest absolute Gasteiger partial charge is 0.295 e. The molecule has 2 aromatic rings. The summed E-state index contributed by atoms with van der Waals surface area (Å²) in [6.07, 6.45) is -0.873. The van der Waals surface area contributed by atoms with Crippen molar-refractivity contribution in [3.8, 4) is 11.5 Å². The maximum absolute atomic E-state index is 13.0. The lowest BCUT2D eigenvalue weighted by atomic mass is 9.94. The van der Waals surface area contributed by atoms with Crippen molar-refractivity contribution in [3.05, 3.63) is 64.7 Å². The average Bonchev–Trinajstić information content (AvgIpc) is 2.97. The van der Waals surface area contributed by atoms with Gasteiger partial charge in [-0.15, -0.1) is 0 Å². The molecule has 158 valence electrons. The lowest BCUT2D eigenvalue weighted by molar-refractivity contribution is -0.140. The molecule has 0 saturated carbocycles. The summed E-state index contributed by atoms with van der Waals surface area (Å²) < 4.78 is 10.8. The van der Waals surface area contributed by atoms with Gasteiger partial charge in [-0.2, -0.15) is 0 Å². The Kier molecular flexibility index (Phi) is 6.12. The zero-order chi connectivity index (χ0) is 22.0. The first-order valence-electron chi connectivity index (χ1n) is 9.54. The van der Waals surface area contributed by atoms with Crippen LogP contribution < -0.4 is 9.47 Å². The topological polar surface area (TPSA) is 96.3 Å². The Hall–Kier alpha value is -3.32. The molecule has 1 aliphatic rings. The number of benzene rings is 2. The number of Topliss-reactive ketones (excluding diaryl/α,β-unsaturated/α-hetero) is 1. The van der Waals surface area contributed by atoms with Gasteiger partial charge in [-0.1, -0.05) is 29.8 Å². The molecule has 0 bridgehead atoms. The first-order valence-corrected chi connectivity index (χ1v) is 9.54. The second-order valence-electron chi connectivity index (χ2n) is 7.27. The molecule has 1 saturated heterocycles. The number of aryl methyl sites for hydroxylation is 1. The third-order valence-corrected chi connectivity index (χ3v) is 5.06. The van der Waals surface area contributed by atoms with Crippen molar-refractivity contribution in [3.63, 3.8) is 0 Å². The number of methoxy groups -OCH3 is 2. The van der Waals surface area contributed by atoms with E-state index in [4.69, 9.17) is 9.47 Å². The van der Waals surface area contributed by atoms with Crippen molar-refractivity contribution in [2.24, 2.45) is 0 Å². The van der Waals surface area contributed by atoms with Crippen molar-refractivity contribution in [2.45, 2.75) is 26.0 Å². The number of aliphatic hydroxyl groups is 2. The van der Waals surface area contributed by atoms with E-state index in [1.165, 1.54) is 26.0 Å². The van der Waals surface area contributed by atoms with Crippen LogP contribution in [0.3, 0.4) is 0 Å². The van der Waals surface area contributed by atoms with Crippen molar-refractivity contribution >= 4 is 17.4 Å². The Bertz CT molecular complexity index is 993. The Morgan fingerprint density at radius 2 is 1.77 bits per heavy atom. The standard InChI is InChI=1S/C23H25NO6/c1-13-5-7-15(8-6-13)21(26)19-20(24(12-14(2)25)23(28)22(19)27)17-11-16(29-3)9-10-18(17)30-4/h5-11,14,20,25-26H,12H2,1-4H3/t14-,20+/m0/s1. The number of carbonyl (C=O) groups is 2. The number of hydrogen-bond donors (Lipinski definition) is 2. The van der Waals surface area contributed by atoms with Crippen molar-refractivity contribution in [1.82, 2.24) is 4.90 Å². The van der Waals surface area contributed by atoms with Gasteiger partial charge in [-0.05, 0) is 32.0 Å². The molecule has 2 N–H and O–H groups in total. The van der Waals surface area contributed by atoms with Gasteiger partial charge in [0, 0.05) is 17.7 Å². The number of hydrogen-bond acceptors (Lipinski definition) is 6. The molecule has 2 aromatic carbocycles. The van der Waals surface area contributed by atoms with Crippen LogP contribution in [0.2, 0.25) is 0 Å². The Morgan fingerprint density at radius 1 is 1.10 bits per heavy atom. The summed E-state index contributed by atoms with van der Waals surface area (Å²) in [5.41, 5.74) is 1.83. The summed E-state index contributed by atoms with van der Waals surface area (Å²) in [5.74, 6) is -0.962. The highest BCUT2D eigenvalue weighted by Crippen LogP contribution is 2.43. The fraction of sp³-hybridized carbons (Fsp3) is 0.304. The van der Waals surface area contributed by atoms with Crippen LogP contribution in [0.1, 0.15) is 29.7 Å². The third kappa shape index (κ3) is 3.89. The first kappa shape index (κ1) is 21.4. The summed E-state index contributed by atoms with van der Waals surface area (Å²) >= 11 is 0. The van der Waals surface area contributed by atoms with E-state index in [2.05, 4.69) is 0 Å². The van der Waals surface area contributed by atoms with Gasteiger partial charge in [-0.25, -0.2) is 0 Å². The molecular weight excluding hydrogens is 386 g/mol. The predicted octanol–water partition coefficient (Wildman–Crippen LogP) is 2.81. The Morgan fingerprint density at radius 3 is 2.33 bits per heavy atom. The predicted molar refractivity (Wildman–Crippen MR) is 111 cm³/mol. The van der Waals surface area contributed by atoms with Gasteiger partial charge in [0.1, 0.15) is 17.3 Å². The summed E-state index contributed by atoms with van der Waals surface area (Å²) in [5, 5.41) is 21.0. The van der Waals surface area contributed by atoms with Crippen LogP contribution in [-0.2, 0) is 9.59 Å². The maximum atomic E-state index is 13.0. The zero-order valence-corrected chi connectivity index (χ0v) is 17.4. The quantitative estimate of drug-likeness (QED) is 0.431. The van der Waals surface area contributed by atoms with Gasteiger partial charge in [0.25, 0.3) is 11.7 Å². The van der Waals surface area contributed by atoms with Crippen molar-refractivity contribution in [1.29, 1.82) is 0 Å². The van der Waals surface area contributed by atoms with Crippen LogP contribution in [0.5, 0.6) is 11.5 Å². The normalized spacial score (nSPS) is 19.1. The summed E-state index contributed by atoms with van der Waals surface area (Å²) in [4.78, 5) is 27.0. The molecule has 0 spiro atoms. The zero-order valence-electron chi connectivity index (χ0n) is 17.4. The Balaban J connectivity index is 2.27. The molecule has 7 heteroatoms. The van der Waals surface area contributed by atoms with Gasteiger partial charge in [0.05, 0.1) is 31.9 Å². The number of amides is 1. The van der Waals surface area contributed by atoms with Crippen LogP contribution in [0.4, 0.5) is 0 Å². The largest absolute Gasteiger partial charge is 0.507 e. The molecule has 7 nitrogen and oxygen atoms in total. The van der Waals surface area contributed by atoms with Crippen LogP contribution in [0.15, 0.2) is 48.0 Å². The number of β-amino-alcohol motifs (C(OH)–C–C–N with tert-alkyl or cyclic N) is 1. The molecule has 1 heterocycles. The van der Waals surface area contributed by atoms with E-state index in [-0.39, 0.29) is 17.9 Å². The number of rotatable bonds is 6. The van der Waals surface area contributed by atoms with Gasteiger partial charge in [0.15, 0.2) is 0 Å². The molecule has 1 fully saturated rings. The molecule has 1 aliphatic heterocycles. The summed E-state index contributed by atoms with van der Waals surface area (Å²) in [7, 11) is 2.98. The van der Waals surface area contributed by atoms with Crippen LogP contribution >= 0.6 is 0 Å². The molecule has 30 heavy (non-hydrogen) atoms. The lowest BCUT2D eigenvalue weighted by Gasteiger charge is -2.27. The number of carbonyl (C=O) groups excluding carboxylic acids is 2.